The average Bonchev–Trinajstić information content (AvgIpc) is 2.55. The molecule has 1 atom stereocenters. The number of nitrogens with one attached hydrogen (secondary N) is 1. The van der Waals surface area contributed by atoms with E-state index in [1.807, 2.05) is 0 Å². The Morgan fingerprint density at radius 2 is 1.10 bits per heavy atom. The van der Waals surface area contributed by atoms with E-state index >= 15 is 0 Å². The summed E-state index contributed by atoms with van der Waals surface area (Å²) in [6.45, 7) is 0.706. The Bertz CT molecular complexity index is 583. The van der Waals surface area contributed by atoms with Crippen LogP contribution in [0.3, 0.4) is 0 Å². The molecule has 13 nitrogen and oxygen atoms in total. The minimum Gasteiger partial charge on any atom is -0.480 e. The molecule has 0 spiro atoms. The summed E-state index contributed by atoms with van der Waals surface area (Å²) in [5.41, 5.74) is 0. The summed E-state index contributed by atoms with van der Waals surface area (Å²) in [6, 6.07) is -1.11. The molecule has 0 fully saturated rings. The predicted molar refractivity (Wildman–Crippen MR) is 98.5 cm³/mol. The van der Waals surface area contributed by atoms with Crippen LogP contribution in [0.4, 0.5) is 0 Å². The zero-order valence-corrected chi connectivity index (χ0v) is 16.4. The molecule has 0 aromatic carbocycles. The van der Waals surface area contributed by atoms with Crippen molar-refractivity contribution < 1.29 is 44.4 Å². The van der Waals surface area contributed by atoms with Gasteiger partial charge in [0.2, 0.25) is 5.91 Å². The Kier molecular flexibility index (Phi) is 12.1. The van der Waals surface area contributed by atoms with Crippen LogP contribution in [0, 0.1) is 0 Å². The smallest absolute Gasteiger partial charge is 0.325 e. The van der Waals surface area contributed by atoms with Crippen molar-refractivity contribution in [3.63, 3.8) is 0 Å². The van der Waals surface area contributed by atoms with Gasteiger partial charge in [0, 0.05) is 26.2 Å². The van der Waals surface area contributed by atoms with Crippen molar-refractivity contribution in [2.24, 2.45) is 0 Å². The van der Waals surface area contributed by atoms with Crippen LogP contribution in [0.5, 0.6) is 0 Å². The van der Waals surface area contributed by atoms with Gasteiger partial charge in [-0.15, -0.1) is 0 Å². The van der Waals surface area contributed by atoms with Crippen LogP contribution in [0.2, 0.25) is 0 Å². The van der Waals surface area contributed by atoms with Gasteiger partial charge >= 0.3 is 23.9 Å². The summed E-state index contributed by atoms with van der Waals surface area (Å²) in [6.07, 6.45) is 0. The molecule has 166 valence electrons. The molecule has 0 aromatic rings. The fourth-order valence-electron chi connectivity index (χ4n) is 2.29. The van der Waals surface area contributed by atoms with Gasteiger partial charge in [-0.05, 0) is 14.0 Å². The highest BCUT2D eigenvalue weighted by Crippen LogP contribution is 1.95. The zero-order chi connectivity index (χ0) is 22.6. The van der Waals surface area contributed by atoms with Gasteiger partial charge < -0.3 is 30.6 Å². The van der Waals surface area contributed by atoms with Gasteiger partial charge in [0.15, 0.2) is 0 Å². The molecule has 13 heteroatoms. The number of amides is 1. The number of carboxylic acids is 4. The molecule has 0 rings (SSSR count). The summed E-state index contributed by atoms with van der Waals surface area (Å²) in [5.74, 6) is -5.29. The first-order valence-electron chi connectivity index (χ1n) is 8.71. The van der Waals surface area contributed by atoms with Crippen molar-refractivity contribution in [1.82, 2.24) is 20.0 Å². The first-order valence-corrected chi connectivity index (χ1v) is 8.71. The minimum atomic E-state index is -1.21. The van der Waals surface area contributed by atoms with Crippen molar-refractivity contribution in [1.29, 1.82) is 0 Å². The van der Waals surface area contributed by atoms with Crippen molar-refractivity contribution >= 4 is 29.8 Å². The van der Waals surface area contributed by atoms with Crippen molar-refractivity contribution in [2.75, 3.05) is 59.4 Å². The van der Waals surface area contributed by atoms with E-state index in [1.165, 1.54) is 16.7 Å². The molecule has 5 N–H and O–H groups in total. The molecular formula is C16H28N4O9. The normalized spacial score (nSPS) is 12.2. The fraction of sp³-hybridized carbons (Fsp3) is 0.688. The largest absolute Gasteiger partial charge is 0.480 e. The number of carbonyl (C=O) groups is 5. The van der Waals surface area contributed by atoms with Crippen LogP contribution in [-0.4, -0.2) is 130 Å². The van der Waals surface area contributed by atoms with Gasteiger partial charge in [0.05, 0.1) is 26.2 Å². The number of hydrogen-bond acceptors (Lipinski definition) is 8. The summed E-state index contributed by atoms with van der Waals surface area (Å²) in [7, 11) is 1.69. The van der Waals surface area contributed by atoms with Crippen LogP contribution >= 0.6 is 0 Å². The van der Waals surface area contributed by atoms with Gasteiger partial charge in [-0.3, -0.25) is 33.8 Å². The second kappa shape index (κ2) is 13.4. The molecule has 0 heterocycles. The quantitative estimate of drug-likeness (QED) is 0.175. The minimum absolute atomic E-state index is 0.171. The summed E-state index contributed by atoms with van der Waals surface area (Å²) in [5, 5.41) is 37.6. The van der Waals surface area contributed by atoms with Gasteiger partial charge in [0.1, 0.15) is 6.04 Å². The number of carboxylic acid groups (broad SMARTS) is 4. The molecule has 1 unspecified atom stereocenters. The number of aliphatic carboxylic acids is 4. The van der Waals surface area contributed by atoms with E-state index in [0.29, 0.717) is 13.1 Å². The van der Waals surface area contributed by atoms with Gasteiger partial charge in [-0.1, -0.05) is 0 Å². The molecule has 0 saturated carbocycles. The Morgan fingerprint density at radius 3 is 1.45 bits per heavy atom. The van der Waals surface area contributed by atoms with E-state index in [2.05, 4.69) is 5.32 Å². The highest BCUT2D eigenvalue weighted by atomic mass is 16.4. The van der Waals surface area contributed by atoms with Crippen LogP contribution in [-0.2, 0) is 24.0 Å². The molecular weight excluding hydrogens is 392 g/mol. The van der Waals surface area contributed by atoms with Crippen molar-refractivity contribution in [3.8, 4) is 0 Å². The van der Waals surface area contributed by atoms with E-state index in [1.54, 1.807) is 11.9 Å². The molecule has 29 heavy (non-hydrogen) atoms. The van der Waals surface area contributed by atoms with Gasteiger partial charge in [0.25, 0.3) is 0 Å². The van der Waals surface area contributed by atoms with Crippen LogP contribution in [0.15, 0.2) is 0 Å². The molecule has 0 bridgehead atoms. The molecule has 0 aliphatic carbocycles. The van der Waals surface area contributed by atoms with E-state index in [4.69, 9.17) is 20.4 Å². The van der Waals surface area contributed by atoms with Crippen LogP contribution in [0.25, 0.3) is 0 Å². The van der Waals surface area contributed by atoms with Crippen LogP contribution < -0.4 is 5.32 Å². The zero-order valence-electron chi connectivity index (χ0n) is 16.4. The number of carbonyl (C=O) groups excluding carboxylic acids is 1. The lowest BCUT2D eigenvalue weighted by Crippen LogP contribution is -2.47. The first-order chi connectivity index (χ1) is 13.4. The number of rotatable bonds is 16. The molecule has 0 radical (unpaired) electrons. The Hall–Kier alpha value is -2.77. The molecule has 0 aromatic heterocycles. The van der Waals surface area contributed by atoms with Crippen molar-refractivity contribution in [2.45, 2.75) is 13.0 Å². The SMILES string of the molecule is CC(NC(=O)CN(CCN(C)CCN(CC(=O)O)CC(=O)O)CC(=O)O)C(=O)O. The number of nitrogens with zero attached hydrogens (tertiary/aromatic N) is 3. The average molecular weight is 420 g/mol. The molecule has 1 amide bonds. The third-order valence-electron chi connectivity index (χ3n) is 3.79. The summed E-state index contributed by atoms with van der Waals surface area (Å²) in [4.78, 5) is 59.5. The first kappa shape index (κ1) is 26.2. The van der Waals surface area contributed by atoms with Crippen molar-refractivity contribution in [3.05, 3.63) is 0 Å². The summed E-state index contributed by atoms with van der Waals surface area (Å²) >= 11 is 0. The second-order valence-electron chi connectivity index (χ2n) is 6.53. The Balaban J connectivity index is 4.60. The third kappa shape index (κ3) is 14.0. The van der Waals surface area contributed by atoms with Gasteiger partial charge in [-0.2, -0.15) is 0 Å². The Morgan fingerprint density at radius 1 is 0.724 bits per heavy atom. The van der Waals surface area contributed by atoms with E-state index < -0.39 is 55.5 Å². The van der Waals surface area contributed by atoms with E-state index in [-0.39, 0.29) is 19.6 Å². The molecule has 0 aliphatic rings. The third-order valence-corrected chi connectivity index (χ3v) is 3.79. The molecule has 0 aliphatic heterocycles. The van der Waals surface area contributed by atoms with E-state index in [0.717, 1.165) is 0 Å². The maximum absolute atomic E-state index is 11.9. The maximum atomic E-state index is 11.9. The van der Waals surface area contributed by atoms with Crippen LogP contribution in [0.1, 0.15) is 6.92 Å². The lowest BCUT2D eigenvalue weighted by atomic mass is 10.3. The topological polar surface area (TPSA) is 188 Å². The van der Waals surface area contributed by atoms with Gasteiger partial charge in [-0.25, -0.2) is 0 Å². The maximum Gasteiger partial charge on any atom is 0.325 e. The summed E-state index contributed by atoms with van der Waals surface area (Å²) < 4.78 is 0. The highest BCUT2D eigenvalue weighted by Gasteiger charge is 2.19. The highest BCUT2D eigenvalue weighted by molar-refractivity contribution is 5.84. The second-order valence-corrected chi connectivity index (χ2v) is 6.53. The number of likely N-dealkylation sites (N-methyl/N-ethyl adjacent to an activating group) is 1. The van der Waals surface area contributed by atoms with E-state index in [9.17, 15) is 24.0 Å². The predicted octanol–water partition coefficient (Wildman–Crippen LogP) is -2.63. The number of hydrogen-bond donors (Lipinski definition) is 5. The standard InChI is InChI=1S/C16H28N4O9/c1-11(16(28)29)17-12(21)7-19(8-13(22)23)5-3-18(2)4-6-20(9-14(24)25)10-15(26)27/h11H,3-10H2,1-2H3,(H,17,21)(H,22,23)(H,24,25)(H,26,27)(H,28,29). The Labute approximate surface area is 167 Å². The fourth-order valence-corrected chi connectivity index (χ4v) is 2.29. The molecule has 0 saturated heterocycles. The monoisotopic (exact) mass is 420 g/mol. The lowest BCUT2D eigenvalue weighted by molar-refractivity contribution is -0.142. The lowest BCUT2D eigenvalue weighted by Gasteiger charge is -2.26.